The molecule has 2 nitrogen and oxygen atoms in total. The maximum Gasteiger partial charge on any atom is 0.0717 e. The Morgan fingerprint density at radius 1 is 1.36 bits per heavy atom. The van der Waals surface area contributed by atoms with Gasteiger partial charge in [-0.2, -0.15) is 0 Å². The minimum Gasteiger partial charge on any atom is -0.264 e. The molecule has 0 bridgehead atoms. The standard InChI is InChI=1S/C12H12N2/c1-3-6-12(14-8-4-2)11-7-5-9-13-10-11/h3-10H,1-2H2/b12-6-,14-8?. The van der Waals surface area contributed by atoms with Gasteiger partial charge in [-0.1, -0.05) is 25.3 Å². The fraction of sp³-hybridized carbons (Fsp3) is 0. The lowest BCUT2D eigenvalue weighted by molar-refractivity contribution is 1.30. The van der Waals surface area contributed by atoms with Crippen molar-refractivity contribution >= 4 is 11.9 Å². The number of aromatic nitrogens is 1. The number of aliphatic imine (C=N–C) groups is 1. The smallest absolute Gasteiger partial charge is 0.0717 e. The number of hydrogen-bond acceptors (Lipinski definition) is 2. The number of rotatable bonds is 4. The zero-order chi connectivity index (χ0) is 10.2. The van der Waals surface area contributed by atoms with Crippen LogP contribution in [0.15, 0.2) is 60.9 Å². The van der Waals surface area contributed by atoms with E-state index < -0.39 is 0 Å². The monoisotopic (exact) mass is 184 g/mol. The Hall–Kier alpha value is -1.96. The summed E-state index contributed by atoms with van der Waals surface area (Å²) in [7, 11) is 0. The van der Waals surface area contributed by atoms with E-state index in [2.05, 4.69) is 23.1 Å². The van der Waals surface area contributed by atoms with E-state index in [1.165, 1.54) is 0 Å². The zero-order valence-electron chi connectivity index (χ0n) is 7.93. The molecule has 0 atom stereocenters. The van der Waals surface area contributed by atoms with Gasteiger partial charge in [0.15, 0.2) is 0 Å². The summed E-state index contributed by atoms with van der Waals surface area (Å²) in [6.45, 7) is 7.21. The van der Waals surface area contributed by atoms with Crippen LogP contribution >= 0.6 is 0 Å². The van der Waals surface area contributed by atoms with Crippen LogP contribution in [0.25, 0.3) is 5.70 Å². The van der Waals surface area contributed by atoms with Crippen LogP contribution in [0.2, 0.25) is 0 Å². The molecule has 0 spiro atoms. The molecule has 0 unspecified atom stereocenters. The molecule has 0 amide bonds. The third-order valence-electron chi connectivity index (χ3n) is 1.55. The highest BCUT2D eigenvalue weighted by atomic mass is 14.7. The summed E-state index contributed by atoms with van der Waals surface area (Å²) in [4.78, 5) is 8.23. The Morgan fingerprint density at radius 3 is 2.79 bits per heavy atom. The molecule has 1 rings (SSSR count). The van der Waals surface area contributed by atoms with Crippen molar-refractivity contribution in [2.45, 2.75) is 0 Å². The predicted molar refractivity (Wildman–Crippen MR) is 61.1 cm³/mol. The first-order chi connectivity index (χ1) is 6.88. The summed E-state index contributed by atoms with van der Waals surface area (Å²) in [5.74, 6) is 0. The predicted octanol–water partition coefficient (Wildman–Crippen LogP) is 2.87. The Balaban J connectivity index is 3.01. The van der Waals surface area contributed by atoms with Crippen LogP contribution in [0.5, 0.6) is 0 Å². The van der Waals surface area contributed by atoms with E-state index >= 15 is 0 Å². The second kappa shape index (κ2) is 5.65. The fourth-order valence-corrected chi connectivity index (χ4v) is 0.973. The Kier molecular flexibility index (Phi) is 4.08. The average Bonchev–Trinajstić information content (AvgIpc) is 2.25. The third kappa shape index (κ3) is 2.83. The third-order valence-corrected chi connectivity index (χ3v) is 1.55. The van der Waals surface area contributed by atoms with Crippen molar-refractivity contribution in [2.24, 2.45) is 4.99 Å². The molecule has 2 heteroatoms. The van der Waals surface area contributed by atoms with Crippen LogP contribution in [0.4, 0.5) is 0 Å². The topological polar surface area (TPSA) is 25.2 Å². The maximum atomic E-state index is 4.21. The van der Waals surface area contributed by atoms with Crippen molar-refractivity contribution in [2.75, 3.05) is 0 Å². The summed E-state index contributed by atoms with van der Waals surface area (Å²) in [5, 5.41) is 0. The van der Waals surface area contributed by atoms with Gasteiger partial charge in [-0.25, -0.2) is 0 Å². The van der Waals surface area contributed by atoms with Gasteiger partial charge in [0.05, 0.1) is 5.70 Å². The Morgan fingerprint density at radius 2 is 2.21 bits per heavy atom. The number of nitrogens with zero attached hydrogens (tertiary/aromatic N) is 2. The van der Waals surface area contributed by atoms with E-state index in [1.807, 2.05) is 18.2 Å². The van der Waals surface area contributed by atoms with Gasteiger partial charge in [-0.05, 0) is 18.2 Å². The van der Waals surface area contributed by atoms with Crippen molar-refractivity contribution < 1.29 is 0 Å². The van der Waals surface area contributed by atoms with Gasteiger partial charge in [0, 0.05) is 24.2 Å². The largest absolute Gasteiger partial charge is 0.264 e. The summed E-state index contributed by atoms with van der Waals surface area (Å²) in [5.41, 5.74) is 1.79. The molecule has 0 saturated heterocycles. The molecule has 70 valence electrons. The van der Waals surface area contributed by atoms with Gasteiger partial charge < -0.3 is 0 Å². The first-order valence-corrected chi connectivity index (χ1v) is 4.26. The fourth-order valence-electron chi connectivity index (χ4n) is 0.973. The summed E-state index contributed by atoms with van der Waals surface area (Å²) in [6, 6.07) is 3.82. The Labute approximate surface area is 84.0 Å². The van der Waals surface area contributed by atoms with Crippen LogP contribution < -0.4 is 0 Å². The van der Waals surface area contributed by atoms with Crippen LogP contribution in [-0.4, -0.2) is 11.2 Å². The van der Waals surface area contributed by atoms with E-state index in [4.69, 9.17) is 0 Å². The van der Waals surface area contributed by atoms with Crippen molar-refractivity contribution in [1.82, 2.24) is 4.98 Å². The van der Waals surface area contributed by atoms with Crippen LogP contribution in [-0.2, 0) is 0 Å². The summed E-state index contributed by atoms with van der Waals surface area (Å²) < 4.78 is 0. The molecule has 0 fully saturated rings. The molecular formula is C12H12N2. The summed E-state index contributed by atoms with van der Waals surface area (Å²) in [6.07, 6.45) is 10.3. The van der Waals surface area contributed by atoms with E-state index in [-0.39, 0.29) is 0 Å². The van der Waals surface area contributed by atoms with Gasteiger partial charge in [-0.15, -0.1) is 0 Å². The lowest BCUT2D eigenvalue weighted by atomic mass is 10.2. The van der Waals surface area contributed by atoms with Crippen LogP contribution in [0.3, 0.4) is 0 Å². The van der Waals surface area contributed by atoms with E-state index in [0.29, 0.717) is 0 Å². The average molecular weight is 184 g/mol. The molecule has 0 aliphatic heterocycles. The first-order valence-electron chi connectivity index (χ1n) is 4.26. The molecule has 0 aliphatic carbocycles. The molecule has 0 radical (unpaired) electrons. The lowest BCUT2D eigenvalue weighted by Gasteiger charge is -1.98. The maximum absolute atomic E-state index is 4.21. The number of allylic oxidation sites excluding steroid dienone is 3. The molecule has 0 aliphatic rings. The number of hydrogen-bond donors (Lipinski definition) is 0. The minimum absolute atomic E-state index is 0.827. The van der Waals surface area contributed by atoms with Crippen molar-refractivity contribution in [3.05, 3.63) is 61.5 Å². The molecule has 1 aromatic rings. The molecule has 0 saturated carbocycles. The molecule has 14 heavy (non-hydrogen) atoms. The van der Waals surface area contributed by atoms with Gasteiger partial charge in [0.2, 0.25) is 0 Å². The molecule has 0 aromatic carbocycles. The van der Waals surface area contributed by atoms with E-state index in [9.17, 15) is 0 Å². The van der Waals surface area contributed by atoms with E-state index in [0.717, 1.165) is 11.3 Å². The van der Waals surface area contributed by atoms with Crippen molar-refractivity contribution in [3.63, 3.8) is 0 Å². The Bertz CT molecular complexity index is 361. The molecular weight excluding hydrogens is 172 g/mol. The SMILES string of the molecule is C=CC=N/C(=C\C=C)c1cccnc1. The first kappa shape index (κ1) is 10.1. The quantitative estimate of drug-likeness (QED) is 0.521. The van der Waals surface area contributed by atoms with Crippen LogP contribution in [0, 0.1) is 0 Å². The van der Waals surface area contributed by atoms with Gasteiger partial charge in [0.1, 0.15) is 0 Å². The lowest BCUT2D eigenvalue weighted by Crippen LogP contribution is -1.82. The molecule has 0 N–H and O–H groups in total. The van der Waals surface area contributed by atoms with E-state index in [1.54, 1.807) is 30.8 Å². The van der Waals surface area contributed by atoms with Crippen molar-refractivity contribution in [3.8, 4) is 0 Å². The number of pyridine rings is 1. The highest BCUT2D eigenvalue weighted by Gasteiger charge is 1.95. The second-order valence-corrected chi connectivity index (χ2v) is 2.54. The second-order valence-electron chi connectivity index (χ2n) is 2.54. The van der Waals surface area contributed by atoms with Crippen LogP contribution in [0.1, 0.15) is 5.56 Å². The van der Waals surface area contributed by atoms with Gasteiger partial charge in [0.25, 0.3) is 0 Å². The minimum atomic E-state index is 0.827. The van der Waals surface area contributed by atoms with Gasteiger partial charge in [-0.3, -0.25) is 9.98 Å². The highest BCUT2D eigenvalue weighted by molar-refractivity contribution is 5.79. The molecule has 1 aromatic heterocycles. The molecule has 1 heterocycles. The zero-order valence-corrected chi connectivity index (χ0v) is 7.93. The van der Waals surface area contributed by atoms with Gasteiger partial charge >= 0.3 is 0 Å². The summed E-state index contributed by atoms with van der Waals surface area (Å²) >= 11 is 0. The highest BCUT2D eigenvalue weighted by Crippen LogP contribution is 2.13. The van der Waals surface area contributed by atoms with Crippen molar-refractivity contribution in [1.29, 1.82) is 0 Å². The normalized spacial score (nSPS) is 11.6.